The van der Waals surface area contributed by atoms with Crippen molar-refractivity contribution < 1.29 is 0 Å². The third-order valence-corrected chi connectivity index (χ3v) is 11.2. The monoisotopic (exact) mass is 645 g/mol. The van der Waals surface area contributed by atoms with Crippen molar-refractivity contribution in [2.75, 3.05) is 0 Å². The minimum absolute atomic E-state index is 0.412. The summed E-state index contributed by atoms with van der Waals surface area (Å²) in [5, 5.41) is 2.52. The standard InChI is InChI=1S/C47H39N3/c1-4-15-32(16-5-1)35-30-42(33-17-6-2-7-18-33)48-46(31-35)50-44-26-13-11-22-39(44)41-29-34(27-28-45(41)50)37-23-14-24-40-38-21-10-12-25-43(38)49(47(37)40)36-19-8-3-9-20-36/h1-8,10-13,15-18,21-23,25-31,36,38,43H,9,14,19-20,24H2. The Hall–Kier alpha value is -5.67. The Morgan fingerprint density at radius 3 is 2.24 bits per heavy atom. The molecule has 0 N–H and O–H groups in total. The van der Waals surface area contributed by atoms with Gasteiger partial charge in [-0.15, -0.1) is 0 Å². The molecule has 0 fully saturated rings. The number of fused-ring (bicyclic) bond motifs is 5. The maximum absolute atomic E-state index is 5.35. The van der Waals surface area contributed by atoms with Gasteiger partial charge in [0.25, 0.3) is 0 Å². The van der Waals surface area contributed by atoms with Crippen molar-refractivity contribution in [3.63, 3.8) is 0 Å². The average Bonchev–Trinajstić information content (AvgIpc) is 3.71. The maximum atomic E-state index is 5.35. The Morgan fingerprint density at radius 1 is 0.620 bits per heavy atom. The number of aromatic nitrogens is 2. The molecule has 6 aromatic rings. The summed E-state index contributed by atoms with van der Waals surface area (Å²) < 4.78 is 2.37. The van der Waals surface area contributed by atoms with E-state index in [4.69, 9.17) is 4.98 Å². The Balaban J connectivity index is 1.15. The van der Waals surface area contributed by atoms with Gasteiger partial charge in [-0.3, -0.25) is 4.57 Å². The molecule has 4 aliphatic rings. The zero-order valence-electron chi connectivity index (χ0n) is 28.1. The predicted molar refractivity (Wildman–Crippen MR) is 208 cm³/mol. The third-order valence-electron chi connectivity index (χ3n) is 11.2. The molecule has 3 atom stereocenters. The average molecular weight is 646 g/mol. The zero-order chi connectivity index (χ0) is 33.0. The number of nitrogens with zero attached hydrogens (tertiary/aromatic N) is 3. The number of benzene rings is 4. The first-order valence-corrected chi connectivity index (χ1v) is 18.2. The molecule has 3 heterocycles. The first-order chi connectivity index (χ1) is 24.8. The Morgan fingerprint density at radius 2 is 1.40 bits per heavy atom. The van der Waals surface area contributed by atoms with Crippen molar-refractivity contribution in [1.29, 1.82) is 0 Å². The highest BCUT2D eigenvalue weighted by Gasteiger charge is 2.43. The van der Waals surface area contributed by atoms with E-state index in [2.05, 4.69) is 167 Å². The number of hydrogen-bond donors (Lipinski definition) is 0. The zero-order valence-corrected chi connectivity index (χ0v) is 28.1. The van der Waals surface area contributed by atoms with Gasteiger partial charge in [-0.05, 0) is 84.7 Å². The van der Waals surface area contributed by atoms with Crippen molar-refractivity contribution in [3.8, 4) is 28.2 Å². The lowest BCUT2D eigenvalue weighted by Gasteiger charge is -2.39. The molecule has 0 saturated heterocycles. The van der Waals surface area contributed by atoms with Crippen LogP contribution in [0, 0.1) is 5.92 Å². The van der Waals surface area contributed by atoms with Crippen LogP contribution in [0.4, 0.5) is 0 Å². The van der Waals surface area contributed by atoms with Crippen LogP contribution in [-0.2, 0) is 0 Å². The predicted octanol–water partition coefficient (Wildman–Crippen LogP) is 11.5. The smallest absolute Gasteiger partial charge is 0.138 e. The lowest BCUT2D eigenvalue weighted by atomic mass is 9.84. The molecule has 3 unspecified atom stereocenters. The lowest BCUT2D eigenvalue weighted by molar-refractivity contribution is 0.211. The fourth-order valence-electron chi connectivity index (χ4n) is 9.00. The highest BCUT2D eigenvalue weighted by Crippen LogP contribution is 2.50. The molecule has 3 heteroatoms. The summed E-state index contributed by atoms with van der Waals surface area (Å²) in [6, 6.07) is 42.6. The summed E-state index contributed by atoms with van der Waals surface area (Å²) in [7, 11) is 0. The number of rotatable bonds is 5. The molecule has 0 bridgehead atoms. The van der Waals surface area contributed by atoms with E-state index in [9.17, 15) is 0 Å². The summed E-state index contributed by atoms with van der Waals surface area (Å²) in [4.78, 5) is 8.16. The van der Waals surface area contributed by atoms with Crippen LogP contribution < -0.4 is 0 Å². The molecular weight excluding hydrogens is 607 g/mol. The van der Waals surface area contributed by atoms with Crippen LogP contribution in [0.2, 0.25) is 0 Å². The lowest BCUT2D eigenvalue weighted by Crippen LogP contribution is -2.41. The SMILES string of the molecule is C1=CC2C3=C(C(c4ccc5c(c4)c4ccccc4n5-c4cc(-c5ccccc5)cc(-c5ccccc5)n4)=CCC3)N(C3CC=CCC3)C2C=C1. The molecule has 4 aromatic carbocycles. The van der Waals surface area contributed by atoms with Crippen LogP contribution in [-0.4, -0.2) is 26.5 Å². The highest BCUT2D eigenvalue weighted by molar-refractivity contribution is 6.10. The van der Waals surface area contributed by atoms with Crippen molar-refractivity contribution in [3.05, 3.63) is 175 Å². The molecule has 0 radical (unpaired) electrons. The normalized spacial score (nSPS) is 21.2. The summed E-state index contributed by atoms with van der Waals surface area (Å²) >= 11 is 0. The second kappa shape index (κ2) is 12.0. The van der Waals surface area contributed by atoms with E-state index in [-0.39, 0.29) is 0 Å². The van der Waals surface area contributed by atoms with Gasteiger partial charge in [0.2, 0.25) is 0 Å². The Bertz CT molecular complexity index is 2360. The third kappa shape index (κ3) is 4.75. The summed E-state index contributed by atoms with van der Waals surface area (Å²) in [6.07, 6.45) is 22.5. The van der Waals surface area contributed by atoms with E-state index in [1.54, 1.807) is 5.57 Å². The molecule has 0 amide bonds. The van der Waals surface area contributed by atoms with Crippen molar-refractivity contribution in [2.45, 2.75) is 44.2 Å². The molecule has 242 valence electrons. The van der Waals surface area contributed by atoms with Gasteiger partial charge in [0, 0.05) is 39.6 Å². The van der Waals surface area contributed by atoms with Crippen LogP contribution in [0.25, 0.3) is 55.6 Å². The van der Waals surface area contributed by atoms with Gasteiger partial charge >= 0.3 is 0 Å². The number of pyridine rings is 1. The van der Waals surface area contributed by atoms with Gasteiger partial charge in [-0.1, -0.05) is 127 Å². The molecular formula is C47H39N3. The van der Waals surface area contributed by atoms with Crippen LogP contribution in [0.5, 0.6) is 0 Å². The molecule has 50 heavy (non-hydrogen) atoms. The minimum atomic E-state index is 0.412. The Kier molecular flexibility index (Phi) is 7.04. The fourth-order valence-corrected chi connectivity index (χ4v) is 9.00. The van der Waals surface area contributed by atoms with Gasteiger partial charge in [-0.2, -0.15) is 0 Å². The molecule has 10 rings (SSSR count). The van der Waals surface area contributed by atoms with Gasteiger partial charge in [-0.25, -0.2) is 4.98 Å². The molecule has 3 nitrogen and oxygen atoms in total. The maximum Gasteiger partial charge on any atom is 0.138 e. The second-order valence-corrected chi connectivity index (χ2v) is 14.1. The topological polar surface area (TPSA) is 21.1 Å². The van der Waals surface area contributed by atoms with E-state index >= 15 is 0 Å². The summed E-state index contributed by atoms with van der Waals surface area (Å²) in [5.74, 6) is 1.40. The second-order valence-electron chi connectivity index (χ2n) is 14.1. The highest BCUT2D eigenvalue weighted by atomic mass is 15.2. The van der Waals surface area contributed by atoms with Crippen molar-refractivity contribution in [1.82, 2.24) is 14.5 Å². The van der Waals surface area contributed by atoms with Gasteiger partial charge in [0.05, 0.1) is 22.8 Å². The van der Waals surface area contributed by atoms with E-state index in [0.29, 0.717) is 18.0 Å². The van der Waals surface area contributed by atoms with E-state index in [0.717, 1.165) is 48.3 Å². The number of hydrogen-bond acceptors (Lipinski definition) is 2. The number of para-hydroxylation sites is 1. The van der Waals surface area contributed by atoms with Gasteiger partial charge in [0.15, 0.2) is 0 Å². The molecule has 0 saturated carbocycles. The summed E-state index contributed by atoms with van der Waals surface area (Å²) in [6.45, 7) is 0. The minimum Gasteiger partial charge on any atom is -0.360 e. The fraction of sp³-hybridized carbons (Fsp3) is 0.170. The van der Waals surface area contributed by atoms with E-state index in [1.807, 2.05) is 0 Å². The van der Waals surface area contributed by atoms with Crippen LogP contribution in [0.3, 0.4) is 0 Å². The molecule has 2 aromatic heterocycles. The van der Waals surface area contributed by atoms with Gasteiger partial charge in [0.1, 0.15) is 5.82 Å². The number of allylic oxidation sites excluding steroid dienone is 5. The van der Waals surface area contributed by atoms with Crippen LogP contribution in [0.15, 0.2) is 169 Å². The molecule has 3 aliphatic carbocycles. The molecule has 1 aliphatic heterocycles. The van der Waals surface area contributed by atoms with Crippen molar-refractivity contribution >= 4 is 27.4 Å². The van der Waals surface area contributed by atoms with Crippen molar-refractivity contribution in [2.24, 2.45) is 5.92 Å². The first-order valence-electron chi connectivity index (χ1n) is 18.2. The Labute approximate surface area is 293 Å². The van der Waals surface area contributed by atoms with E-state index in [1.165, 1.54) is 50.6 Å². The quantitative estimate of drug-likeness (QED) is 0.174. The largest absolute Gasteiger partial charge is 0.360 e. The van der Waals surface area contributed by atoms with Gasteiger partial charge < -0.3 is 4.90 Å². The van der Waals surface area contributed by atoms with E-state index < -0.39 is 0 Å². The summed E-state index contributed by atoms with van der Waals surface area (Å²) in [5.41, 5.74) is 12.6. The van der Waals surface area contributed by atoms with Crippen LogP contribution >= 0.6 is 0 Å². The van der Waals surface area contributed by atoms with Crippen LogP contribution in [0.1, 0.15) is 37.7 Å². The first kappa shape index (κ1) is 29.3. The molecule has 0 spiro atoms.